The fourth-order valence-corrected chi connectivity index (χ4v) is 5.83. The Morgan fingerprint density at radius 2 is 0.829 bits per heavy atom. The van der Waals surface area contributed by atoms with Crippen LogP contribution < -0.4 is 0 Å². The number of rotatable bonds is 6. The summed E-state index contributed by atoms with van der Waals surface area (Å²) in [6, 6.07) is 38.0. The van der Waals surface area contributed by atoms with Crippen LogP contribution in [0.3, 0.4) is 0 Å². The summed E-state index contributed by atoms with van der Waals surface area (Å²) in [5, 5.41) is 5.04. The normalized spacial score (nSPS) is 22.6. The molecule has 0 aliphatic carbocycles. The Hall–Kier alpha value is -3.50. The highest BCUT2D eigenvalue weighted by Crippen LogP contribution is 2.57. The zero-order valence-electron chi connectivity index (χ0n) is 19.3. The third kappa shape index (κ3) is 3.47. The van der Waals surface area contributed by atoms with Crippen LogP contribution in [-0.4, -0.2) is 12.2 Å². The Labute approximate surface area is 204 Å². The van der Waals surface area contributed by atoms with Crippen molar-refractivity contribution >= 4 is 21.5 Å². The van der Waals surface area contributed by atoms with Crippen molar-refractivity contribution in [2.24, 2.45) is 0 Å². The van der Waals surface area contributed by atoms with Crippen LogP contribution in [-0.2, 0) is 27.4 Å². The van der Waals surface area contributed by atoms with E-state index in [-0.39, 0.29) is 24.4 Å². The molecule has 0 unspecified atom stereocenters. The minimum absolute atomic E-state index is 0.158. The van der Waals surface area contributed by atoms with Gasteiger partial charge >= 0.3 is 0 Å². The van der Waals surface area contributed by atoms with Crippen molar-refractivity contribution in [1.82, 2.24) is 0 Å². The van der Waals surface area contributed by atoms with Crippen molar-refractivity contribution in [2.45, 2.75) is 37.6 Å². The quantitative estimate of drug-likeness (QED) is 0.250. The first-order valence-corrected chi connectivity index (χ1v) is 12.3. The average Bonchev–Trinajstić information content (AvgIpc) is 3.49. The molecule has 2 heterocycles. The number of hydrogen-bond donors (Lipinski definition) is 0. The summed E-state index contributed by atoms with van der Waals surface area (Å²) < 4.78 is 19.9. The molecule has 5 aromatic rings. The summed E-state index contributed by atoms with van der Waals surface area (Å²) in [4.78, 5) is 0. The molecule has 2 aliphatic rings. The van der Waals surface area contributed by atoms with Gasteiger partial charge in [-0.05, 0) is 43.8 Å². The Kier molecular flexibility index (Phi) is 5.13. The Morgan fingerprint density at radius 1 is 0.457 bits per heavy atom. The Morgan fingerprint density at radius 3 is 1.26 bits per heavy atom. The van der Waals surface area contributed by atoms with E-state index in [4.69, 9.17) is 14.2 Å². The molecule has 0 spiro atoms. The standard InChI is InChI=1S/C32H26O3/c1-3-11-21(12-4-1)19-33-31-29-27-25-17-9-7-15-23(25)24-16-8-10-18-26(24)28(27)30(35-29)32(31)34-20-22-13-5-2-6-14-22/h1-18,29-32H,19-20H2/t29-,30+,31+,32-. The average molecular weight is 459 g/mol. The minimum atomic E-state index is -0.180. The molecule has 1 saturated heterocycles. The zero-order chi connectivity index (χ0) is 23.2. The topological polar surface area (TPSA) is 27.7 Å². The highest BCUT2D eigenvalue weighted by molar-refractivity contribution is 6.11. The highest BCUT2D eigenvalue weighted by Gasteiger charge is 2.55. The third-order valence-electron chi connectivity index (χ3n) is 7.37. The lowest BCUT2D eigenvalue weighted by molar-refractivity contribution is -0.0832. The maximum Gasteiger partial charge on any atom is 0.117 e. The van der Waals surface area contributed by atoms with Gasteiger partial charge < -0.3 is 14.2 Å². The van der Waals surface area contributed by atoms with Crippen LogP contribution in [0.1, 0.15) is 34.5 Å². The van der Waals surface area contributed by atoms with Crippen LogP contribution in [0.2, 0.25) is 0 Å². The van der Waals surface area contributed by atoms with Gasteiger partial charge in [0.25, 0.3) is 0 Å². The van der Waals surface area contributed by atoms with Crippen LogP contribution >= 0.6 is 0 Å². The van der Waals surface area contributed by atoms with Gasteiger partial charge in [0.15, 0.2) is 0 Å². The first-order chi connectivity index (χ1) is 17.4. The monoisotopic (exact) mass is 458 g/mol. The fraction of sp³-hybridized carbons (Fsp3) is 0.188. The van der Waals surface area contributed by atoms with Gasteiger partial charge in [-0.25, -0.2) is 0 Å². The van der Waals surface area contributed by atoms with Gasteiger partial charge in [-0.2, -0.15) is 0 Å². The second-order valence-corrected chi connectivity index (χ2v) is 9.42. The van der Waals surface area contributed by atoms with E-state index < -0.39 is 0 Å². The van der Waals surface area contributed by atoms with Crippen molar-refractivity contribution in [3.63, 3.8) is 0 Å². The molecule has 2 bridgehead atoms. The van der Waals surface area contributed by atoms with Crippen molar-refractivity contribution in [3.05, 3.63) is 131 Å². The molecule has 7 rings (SSSR count). The SMILES string of the molecule is c1ccc(CO[C@@H]2[C@H](OCc3ccccc3)[C@H]3O[C@@H]2c2c3c3ccccc3c3ccccc23)cc1. The smallest absolute Gasteiger partial charge is 0.117 e. The van der Waals surface area contributed by atoms with E-state index in [1.807, 2.05) is 36.4 Å². The predicted octanol–water partition coefficient (Wildman–Crippen LogP) is 7.29. The van der Waals surface area contributed by atoms with E-state index in [1.54, 1.807) is 0 Å². The second-order valence-electron chi connectivity index (χ2n) is 9.42. The molecule has 2 aliphatic heterocycles. The number of ether oxygens (including phenoxy) is 3. The minimum Gasteiger partial charge on any atom is -0.368 e. The van der Waals surface area contributed by atoms with Gasteiger partial charge in [-0.1, -0.05) is 109 Å². The molecule has 172 valence electrons. The van der Waals surface area contributed by atoms with Gasteiger partial charge in [0.2, 0.25) is 0 Å². The van der Waals surface area contributed by atoms with Crippen LogP contribution in [0, 0.1) is 0 Å². The number of benzene rings is 5. The largest absolute Gasteiger partial charge is 0.368 e. The van der Waals surface area contributed by atoms with Gasteiger partial charge in [-0.15, -0.1) is 0 Å². The summed E-state index contributed by atoms with van der Waals surface area (Å²) in [6.07, 6.45) is -0.676. The molecule has 0 saturated carbocycles. The summed E-state index contributed by atoms with van der Waals surface area (Å²) in [6.45, 7) is 1.06. The lowest BCUT2D eigenvalue weighted by atomic mass is 9.81. The molecular formula is C32H26O3. The molecule has 1 fully saturated rings. The van der Waals surface area contributed by atoms with E-state index in [9.17, 15) is 0 Å². The number of hydrogen-bond acceptors (Lipinski definition) is 3. The second kappa shape index (κ2) is 8.62. The van der Waals surface area contributed by atoms with Gasteiger partial charge in [-0.3, -0.25) is 0 Å². The van der Waals surface area contributed by atoms with Gasteiger partial charge in [0.05, 0.1) is 13.2 Å². The molecule has 3 heteroatoms. The molecule has 3 nitrogen and oxygen atoms in total. The lowest BCUT2D eigenvalue weighted by Crippen LogP contribution is -2.36. The van der Waals surface area contributed by atoms with Crippen molar-refractivity contribution in [2.75, 3.05) is 0 Å². The molecule has 0 radical (unpaired) electrons. The van der Waals surface area contributed by atoms with Crippen molar-refractivity contribution in [1.29, 1.82) is 0 Å². The Bertz CT molecular complexity index is 1380. The predicted molar refractivity (Wildman–Crippen MR) is 138 cm³/mol. The first kappa shape index (κ1) is 20.8. The summed E-state index contributed by atoms with van der Waals surface area (Å²) in [5.41, 5.74) is 4.84. The van der Waals surface area contributed by atoms with Crippen LogP contribution in [0.25, 0.3) is 21.5 Å². The zero-order valence-corrected chi connectivity index (χ0v) is 19.3. The molecule has 4 atom stereocenters. The van der Waals surface area contributed by atoms with E-state index in [0.717, 1.165) is 11.1 Å². The van der Waals surface area contributed by atoms with Crippen LogP contribution in [0.4, 0.5) is 0 Å². The van der Waals surface area contributed by atoms with Crippen LogP contribution in [0.5, 0.6) is 0 Å². The first-order valence-electron chi connectivity index (χ1n) is 12.3. The summed E-state index contributed by atoms with van der Waals surface area (Å²) in [7, 11) is 0. The molecule has 0 amide bonds. The van der Waals surface area contributed by atoms with Gasteiger partial charge in [0, 0.05) is 0 Å². The maximum atomic E-state index is 6.71. The van der Waals surface area contributed by atoms with Crippen molar-refractivity contribution < 1.29 is 14.2 Å². The molecular weight excluding hydrogens is 432 g/mol. The molecule has 0 aromatic heterocycles. The number of fused-ring (bicyclic) bond motifs is 10. The maximum absolute atomic E-state index is 6.71. The summed E-state index contributed by atoms with van der Waals surface area (Å²) >= 11 is 0. The van der Waals surface area contributed by atoms with E-state index in [1.165, 1.54) is 32.7 Å². The van der Waals surface area contributed by atoms with Crippen LogP contribution in [0.15, 0.2) is 109 Å². The fourth-order valence-electron chi connectivity index (χ4n) is 5.83. The van der Waals surface area contributed by atoms with E-state index in [0.29, 0.717) is 13.2 Å². The molecule has 0 N–H and O–H groups in total. The van der Waals surface area contributed by atoms with Gasteiger partial charge in [0.1, 0.15) is 24.4 Å². The molecule has 35 heavy (non-hydrogen) atoms. The summed E-state index contributed by atoms with van der Waals surface area (Å²) in [5.74, 6) is 0. The molecule has 5 aromatic carbocycles. The van der Waals surface area contributed by atoms with Crippen molar-refractivity contribution in [3.8, 4) is 0 Å². The highest BCUT2D eigenvalue weighted by atomic mass is 16.6. The lowest BCUT2D eigenvalue weighted by Gasteiger charge is -2.31. The van der Waals surface area contributed by atoms with E-state index in [2.05, 4.69) is 72.8 Å². The Balaban J connectivity index is 1.32. The van der Waals surface area contributed by atoms with E-state index >= 15 is 0 Å². The third-order valence-corrected chi connectivity index (χ3v) is 7.37.